The number of aryl methyl sites for hydroxylation is 1. The summed E-state index contributed by atoms with van der Waals surface area (Å²) in [5.74, 6) is 0.226. The number of piperidine rings is 1. The predicted molar refractivity (Wildman–Crippen MR) is 84.0 cm³/mol. The van der Waals surface area contributed by atoms with Gasteiger partial charge in [-0.25, -0.2) is 13.1 Å². The molecule has 7 nitrogen and oxygen atoms in total. The van der Waals surface area contributed by atoms with Crippen LogP contribution in [-0.2, 0) is 21.2 Å². The van der Waals surface area contributed by atoms with Gasteiger partial charge in [-0.2, -0.15) is 5.10 Å². The third-order valence-corrected chi connectivity index (χ3v) is 4.89. The van der Waals surface area contributed by atoms with Crippen LogP contribution in [0.5, 0.6) is 0 Å². The molecule has 2 heterocycles. The van der Waals surface area contributed by atoms with Crippen molar-refractivity contribution < 1.29 is 13.2 Å². The number of aromatic nitrogens is 2. The molecular weight excluding hydrogens is 304 g/mol. The van der Waals surface area contributed by atoms with E-state index in [4.69, 9.17) is 0 Å². The number of rotatable bonds is 5. The highest BCUT2D eigenvalue weighted by molar-refractivity contribution is 7.88. The lowest BCUT2D eigenvalue weighted by atomic mass is 9.90. The molecule has 22 heavy (non-hydrogen) atoms. The number of amides is 1. The number of nitrogens with zero attached hydrogens (tertiary/aromatic N) is 2. The lowest BCUT2D eigenvalue weighted by Crippen LogP contribution is -2.48. The topological polar surface area (TPSA) is 95.2 Å². The van der Waals surface area contributed by atoms with Crippen molar-refractivity contribution in [1.29, 1.82) is 0 Å². The molecular formula is C14H24N4O3S. The van der Waals surface area contributed by atoms with E-state index in [-0.39, 0.29) is 5.91 Å². The van der Waals surface area contributed by atoms with E-state index in [9.17, 15) is 13.2 Å². The average Bonchev–Trinajstić information content (AvgIpc) is 2.93. The summed E-state index contributed by atoms with van der Waals surface area (Å²) < 4.78 is 24.8. The summed E-state index contributed by atoms with van der Waals surface area (Å²) in [6, 6.07) is -0.718. The molecule has 8 heteroatoms. The Bertz CT molecular complexity index is 618. The maximum atomic E-state index is 12.3. The minimum Gasteiger partial charge on any atom is -0.341 e. The molecule has 0 aliphatic carbocycles. The van der Waals surface area contributed by atoms with Crippen LogP contribution < -0.4 is 4.72 Å². The number of carbonyl (C=O) groups is 1. The van der Waals surface area contributed by atoms with Crippen LogP contribution >= 0.6 is 0 Å². The number of sulfonamides is 1. The summed E-state index contributed by atoms with van der Waals surface area (Å²) in [4.78, 5) is 14.0. The Kier molecular flexibility index (Phi) is 5.23. The van der Waals surface area contributed by atoms with Crippen LogP contribution in [0.25, 0.3) is 0 Å². The first-order valence-corrected chi connectivity index (χ1v) is 9.49. The highest BCUT2D eigenvalue weighted by Gasteiger charge is 2.29. The monoisotopic (exact) mass is 328 g/mol. The fourth-order valence-electron chi connectivity index (χ4n) is 2.99. The van der Waals surface area contributed by atoms with Crippen LogP contribution in [0.3, 0.4) is 0 Å². The molecule has 0 aromatic carbocycles. The van der Waals surface area contributed by atoms with Crippen molar-refractivity contribution in [3.8, 4) is 0 Å². The van der Waals surface area contributed by atoms with E-state index in [0.717, 1.165) is 25.5 Å². The lowest BCUT2D eigenvalue weighted by Gasteiger charge is -2.33. The Balaban J connectivity index is 1.93. The Morgan fingerprint density at radius 3 is 2.68 bits per heavy atom. The smallest absolute Gasteiger partial charge is 0.240 e. The van der Waals surface area contributed by atoms with Gasteiger partial charge in [0, 0.05) is 24.7 Å². The van der Waals surface area contributed by atoms with Gasteiger partial charge >= 0.3 is 0 Å². The normalized spacial score (nSPS) is 18.4. The molecule has 0 saturated carbocycles. The van der Waals surface area contributed by atoms with Gasteiger partial charge < -0.3 is 4.90 Å². The Labute approximate surface area is 131 Å². The molecule has 124 valence electrons. The van der Waals surface area contributed by atoms with Crippen molar-refractivity contribution in [2.24, 2.45) is 0 Å². The van der Waals surface area contributed by atoms with E-state index in [2.05, 4.69) is 21.8 Å². The minimum absolute atomic E-state index is 0.163. The van der Waals surface area contributed by atoms with Crippen molar-refractivity contribution in [3.05, 3.63) is 17.5 Å². The second-order valence-corrected chi connectivity index (χ2v) is 7.65. The fraction of sp³-hybridized carbons (Fsp3) is 0.714. The number of aromatic amines is 1. The molecule has 0 unspecified atom stereocenters. The molecule has 0 spiro atoms. The third-order valence-electron chi connectivity index (χ3n) is 4.11. The molecule has 1 saturated heterocycles. The summed E-state index contributed by atoms with van der Waals surface area (Å²) >= 11 is 0. The molecule has 1 aromatic heterocycles. The molecule has 2 rings (SSSR count). The SMILES string of the molecule is CCc1cn[nH]c1C1CCN(C(=O)[C@H](C)NS(C)(=O)=O)CC1. The van der Waals surface area contributed by atoms with Crippen molar-refractivity contribution in [2.75, 3.05) is 19.3 Å². The van der Waals surface area contributed by atoms with Crippen molar-refractivity contribution >= 4 is 15.9 Å². The van der Waals surface area contributed by atoms with Crippen molar-refractivity contribution in [2.45, 2.75) is 45.1 Å². The number of nitrogens with one attached hydrogen (secondary N) is 2. The largest absolute Gasteiger partial charge is 0.341 e. The molecule has 1 aliphatic heterocycles. The zero-order valence-electron chi connectivity index (χ0n) is 13.3. The highest BCUT2D eigenvalue weighted by Crippen LogP contribution is 2.29. The summed E-state index contributed by atoms with van der Waals surface area (Å²) in [6.45, 7) is 4.97. The van der Waals surface area contributed by atoms with Gasteiger partial charge in [0.1, 0.15) is 0 Å². The zero-order chi connectivity index (χ0) is 16.3. The van der Waals surface area contributed by atoms with Gasteiger partial charge in [0.05, 0.1) is 18.5 Å². The molecule has 1 atom stereocenters. The van der Waals surface area contributed by atoms with Crippen LogP contribution in [0.4, 0.5) is 0 Å². The van der Waals surface area contributed by atoms with E-state index in [0.29, 0.717) is 19.0 Å². The summed E-state index contributed by atoms with van der Waals surface area (Å²) in [6.07, 6.45) is 5.61. The van der Waals surface area contributed by atoms with E-state index in [1.54, 1.807) is 11.8 Å². The van der Waals surface area contributed by atoms with Crippen LogP contribution in [0.1, 0.15) is 43.9 Å². The molecule has 0 radical (unpaired) electrons. The number of hydrogen-bond acceptors (Lipinski definition) is 4. The highest BCUT2D eigenvalue weighted by atomic mass is 32.2. The quantitative estimate of drug-likeness (QED) is 0.828. The second-order valence-electron chi connectivity index (χ2n) is 5.87. The first kappa shape index (κ1) is 17.0. The van der Waals surface area contributed by atoms with Crippen LogP contribution in [0.15, 0.2) is 6.20 Å². The fourth-order valence-corrected chi connectivity index (χ4v) is 3.73. The molecule has 2 N–H and O–H groups in total. The van der Waals surface area contributed by atoms with Crippen LogP contribution in [0, 0.1) is 0 Å². The van der Waals surface area contributed by atoms with Crippen LogP contribution in [-0.4, -0.2) is 54.8 Å². The van der Waals surface area contributed by atoms with E-state index in [1.807, 2.05) is 6.20 Å². The standard InChI is InChI=1S/C14H24N4O3S/c1-4-11-9-15-16-13(11)12-5-7-18(8-6-12)14(19)10(2)17-22(3,20)21/h9-10,12,17H,4-8H2,1-3H3,(H,15,16)/t10-/m0/s1. The van der Waals surface area contributed by atoms with Crippen molar-refractivity contribution in [3.63, 3.8) is 0 Å². The van der Waals surface area contributed by atoms with Gasteiger partial charge in [0.25, 0.3) is 0 Å². The number of hydrogen-bond donors (Lipinski definition) is 2. The maximum Gasteiger partial charge on any atom is 0.240 e. The van der Waals surface area contributed by atoms with E-state index >= 15 is 0 Å². The minimum atomic E-state index is -3.37. The van der Waals surface area contributed by atoms with Crippen LogP contribution in [0.2, 0.25) is 0 Å². The van der Waals surface area contributed by atoms with Gasteiger partial charge in [0.15, 0.2) is 0 Å². The molecule has 0 bridgehead atoms. The van der Waals surface area contributed by atoms with Gasteiger partial charge in [-0.3, -0.25) is 9.89 Å². The maximum absolute atomic E-state index is 12.3. The predicted octanol–water partition coefficient (Wildman–Crippen LogP) is 0.616. The summed E-state index contributed by atoms with van der Waals surface area (Å²) in [5, 5.41) is 7.19. The van der Waals surface area contributed by atoms with Crippen molar-refractivity contribution in [1.82, 2.24) is 19.8 Å². The zero-order valence-corrected chi connectivity index (χ0v) is 14.1. The van der Waals surface area contributed by atoms with Gasteiger partial charge in [0.2, 0.25) is 15.9 Å². The lowest BCUT2D eigenvalue weighted by molar-refractivity contribution is -0.133. The second kappa shape index (κ2) is 6.78. The van der Waals surface area contributed by atoms with E-state index < -0.39 is 16.1 Å². The Morgan fingerprint density at radius 2 is 2.14 bits per heavy atom. The number of carbonyl (C=O) groups excluding carboxylic acids is 1. The number of H-pyrrole nitrogens is 1. The van der Waals surface area contributed by atoms with Gasteiger partial charge in [-0.1, -0.05) is 6.92 Å². The van der Waals surface area contributed by atoms with Gasteiger partial charge in [-0.15, -0.1) is 0 Å². The third kappa shape index (κ3) is 4.07. The molecule has 1 aliphatic rings. The Morgan fingerprint density at radius 1 is 1.50 bits per heavy atom. The number of likely N-dealkylation sites (tertiary alicyclic amines) is 1. The summed E-state index contributed by atoms with van der Waals surface area (Å²) in [7, 11) is -3.37. The average molecular weight is 328 g/mol. The summed E-state index contributed by atoms with van der Waals surface area (Å²) in [5.41, 5.74) is 2.41. The first-order chi connectivity index (χ1) is 10.3. The molecule has 1 fully saturated rings. The molecule has 1 aromatic rings. The Hall–Kier alpha value is -1.41. The molecule has 1 amide bonds. The van der Waals surface area contributed by atoms with E-state index in [1.165, 1.54) is 11.3 Å². The first-order valence-electron chi connectivity index (χ1n) is 7.60. The van der Waals surface area contributed by atoms with Gasteiger partial charge in [-0.05, 0) is 31.7 Å².